The molecule has 0 radical (unpaired) electrons. The van der Waals surface area contributed by atoms with Gasteiger partial charge in [0.25, 0.3) is 15.9 Å². The Bertz CT molecular complexity index is 1310. The maximum Gasteiger partial charge on any atom is 0.262 e. The van der Waals surface area contributed by atoms with Crippen molar-refractivity contribution in [1.82, 2.24) is 0 Å². The molecule has 4 rings (SSSR count). The van der Waals surface area contributed by atoms with E-state index < -0.39 is 22.0 Å². The Balaban J connectivity index is 1.47. The van der Waals surface area contributed by atoms with Crippen molar-refractivity contribution in [3.63, 3.8) is 0 Å². The van der Waals surface area contributed by atoms with Crippen LogP contribution in [0.15, 0.2) is 77.7 Å². The van der Waals surface area contributed by atoms with Crippen LogP contribution in [0.2, 0.25) is 5.02 Å². The second kappa shape index (κ2) is 9.13. The van der Waals surface area contributed by atoms with E-state index in [0.29, 0.717) is 27.8 Å². The SMILES string of the molecule is COc1ccccc1NS(=O)(=O)c1ccc(NC2CC(=O)N(c3cccc(Cl)c3)C2=O)cc1. The van der Waals surface area contributed by atoms with Crippen molar-refractivity contribution in [2.24, 2.45) is 0 Å². The van der Waals surface area contributed by atoms with Gasteiger partial charge in [0.2, 0.25) is 5.91 Å². The van der Waals surface area contributed by atoms with Crippen LogP contribution in [-0.2, 0) is 19.6 Å². The summed E-state index contributed by atoms with van der Waals surface area (Å²) in [6, 6.07) is 18.3. The summed E-state index contributed by atoms with van der Waals surface area (Å²) in [6.45, 7) is 0. The smallest absolute Gasteiger partial charge is 0.262 e. The first-order valence-corrected chi connectivity index (χ1v) is 11.8. The summed E-state index contributed by atoms with van der Waals surface area (Å²) in [5.74, 6) is -0.357. The van der Waals surface area contributed by atoms with Crippen LogP contribution in [0.1, 0.15) is 6.42 Å². The number of rotatable bonds is 7. The summed E-state index contributed by atoms with van der Waals surface area (Å²) in [4.78, 5) is 26.4. The lowest BCUT2D eigenvalue weighted by molar-refractivity contribution is -0.121. The van der Waals surface area contributed by atoms with Crippen LogP contribution in [-0.4, -0.2) is 33.4 Å². The zero-order chi connectivity index (χ0) is 23.6. The average molecular weight is 486 g/mol. The molecule has 0 aliphatic carbocycles. The fourth-order valence-electron chi connectivity index (χ4n) is 3.50. The number of amides is 2. The normalized spacial score (nSPS) is 16.1. The average Bonchev–Trinajstić information content (AvgIpc) is 3.07. The van der Waals surface area contributed by atoms with Crippen LogP contribution < -0.4 is 19.7 Å². The van der Waals surface area contributed by atoms with Gasteiger partial charge in [0.1, 0.15) is 11.8 Å². The minimum absolute atomic E-state index is 0.0270. The molecule has 1 heterocycles. The molecular weight excluding hydrogens is 466 g/mol. The van der Waals surface area contributed by atoms with Crippen molar-refractivity contribution < 1.29 is 22.7 Å². The summed E-state index contributed by atoms with van der Waals surface area (Å²) in [5.41, 5.74) is 1.23. The second-order valence-electron chi connectivity index (χ2n) is 7.28. The van der Waals surface area contributed by atoms with Crippen molar-refractivity contribution in [2.45, 2.75) is 17.4 Å². The quantitative estimate of drug-likeness (QED) is 0.492. The highest BCUT2D eigenvalue weighted by atomic mass is 35.5. The third-order valence-corrected chi connectivity index (χ3v) is 6.69. The number of anilines is 3. The molecule has 2 N–H and O–H groups in total. The molecule has 1 fully saturated rings. The van der Waals surface area contributed by atoms with Gasteiger partial charge >= 0.3 is 0 Å². The number of sulfonamides is 1. The van der Waals surface area contributed by atoms with E-state index in [4.69, 9.17) is 16.3 Å². The minimum atomic E-state index is -3.86. The molecule has 1 aliphatic heterocycles. The van der Waals surface area contributed by atoms with Crippen LogP contribution in [0.25, 0.3) is 0 Å². The van der Waals surface area contributed by atoms with Gasteiger partial charge in [-0.1, -0.05) is 29.8 Å². The van der Waals surface area contributed by atoms with Crippen LogP contribution in [0.5, 0.6) is 5.75 Å². The van der Waals surface area contributed by atoms with Crippen molar-refractivity contribution >= 4 is 50.5 Å². The number of benzene rings is 3. The van der Waals surface area contributed by atoms with Crippen molar-refractivity contribution in [3.05, 3.63) is 77.8 Å². The molecule has 3 aromatic carbocycles. The second-order valence-corrected chi connectivity index (χ2v) is 9.40. The lowest BCUT2D eigenvalue weighted by Gasteiger charge is -2.16. The number of nitrogens with zero attached hydrogens (tertiary/aromatic N) is 1. The Morgan fingerprint density at radius 2 is 1.73 bits per heavy atom. The topological polar surface area (TPSA) is 105 Å². The Labute approximate surface area is 196 Å². The summed E-state index contributed by atoms with van der Waals surface area (Å²) in [5, 5.41) is 3.42. The maximum absolute atomic E-state index is 12.8. The van der Waals surface area contributed by atoms with Gasteiger partial charge in [0.15, 0.2) is 0 Å². The molecule has 170 valence electrons. The number of carbonyl (C=O) groups excluding carboxylic acids is 2. The molecule has 1 aliphatic rings. The van der Waals surface area contributed by atoms with Gasteiger partial charge in [-0.15, -0.1) is 0 Å². The predicted molar refractivity (Wildman–Crippen MR) is 126 cm³/mol. The lowest BCUT2D eigenvalue weighted by atomic mass is 10.2. The van der Waals surface area contributed by atoms with Crippen molar-refractivity contribution in [3.8, 4) is 5.75 Å². The standard InChI is InChI=1S/C23H20ClN3O5S/c1-32-21-8-3-2-7-19(21)26-33(30,31)18-11-9-16(10-12-18)25-20-14-22(28)27(23(20)29)17-6-4-5-15(24)13-17/h2-13,20,25-26H,14H2,1H3. The first-order chi connectivity index (χ1) is 15.8. The van der Waals surface area contributed by atoms with E-state index in [0.717, 1.165) is 4.90 Å². The number of halogens is 1. The molecule has 1 atom stereocenters. The first-order valence-electron chi connectivity index (χ1n) is 9.93. The lowest BCUT2D eigenvalue weighted by Crippen LogP contribution is -2.34. The Morgan fingerprint density at radius 3 is 2.42 bits per heavy atom. The van der Waals surface area contributed by atoms with Crippen molar-refractivity contribution in [1.29, 1.82) is 0 Å². The minimum Gasteiger partial charge on any atom is -0.495 e. The fourth-order valence-corrected chi connectivity index (χ4v) is 4.75. The van der Waals surface area contributed by atoms with Gasteiger partial charge in [-0.05, 0) is 54.6 Å². The number of carbonyl (C=O) groups is 2. The van der Waals surface area contributed by atoms with E-state index in [1.54, 1.807) is 48.5 Å². The van der Waals surface area contributed by atoms with Crippen LogP contribution in [0.4, 0.5) is 17.1 Å². The third-order valence-electron chi connectivity index (χ3n) is 5.07. The number of hydrogen-bond acceptors (Lipinski definition) is 6. The number of nitrogens with one attached hydrogen (secondary N) is 2. The van der Waals surface area contributed by atoms with E-state index in [-0.39, 0.29) is 17.2 Å². The summed E-state index contributed by atoms with van der Waals surface area (Å²) in [7, 11) is -2.40. The van der Waals surface area contributed by atoms with E-state index in [9.17, 15) is 18.0 Å². The van der Waals surface area contributed by atoms with Gasteiger partial charge in [-0.25, -0.2) is 13.3 Å². The summed E-state index contributed by atoms with van der Waals surface area (Å²) in [6.07, 6.45) is -0.0270. The van der Waals surface area contributed by atoms with E-state index in [1.165, 1.54) is 31.4 Å². The molecule has 1 unspecified atom stereocenters. The molecular formula is C23H20ClN3O5S. The largest absolute Gasteiger partial charge is 0.495 e. The first kappa shape index (κ1) is 22.6. The Morgan fingerprint density at radius 1 is 1.00 bits per heavy atom. The van der Waals surface area contributed by atoms with Crippen LogP contribution >= 0.6 is 11.6 Å². The van der Waals surface area contributed by atoms with Crippen LogP contribution in [0.3, 0.4) is 0 Å². The number of hydrogen-bond donors (Lipinski definition) is 2. The molecule has 3 aromatic rings. The zero-order valence-corrected chi connectivity index (χ0v) is 19.1. The van der Waals surface area contributed by atoms with E-state index >= 15 is 0 Å². The number of methoxy groups -OCH3 is 1. The predicted octanol–water partition coefficient (Wildman–Crippen LogP) is 3.89. The van der Waals surface area contributed by atoms with Crippen molar-refractivity contribution in [2.75, 3.05) is 22.0 Å². The number of imide groups is 1. The molecule has 33 heavy (non-hydrogen) atoms. The molecule has 0 saturated carbocycles. The molecule has 0 spiro atoms. The fraction of sp³-hybridized carbons (Fsp3) is 0.130. The summed E-state index contributed by atoms with van der Waals surface area (Å²) < 4.78 is 33.2. The van der Waals surface area contributed by atoms with E-state index in [1.807, 2.05) is 0 Å². The molecule has 1 saturated heterocycles. The van der Waals surface area contributed by atoms with Gasteiger partial charge in [0, 0.05) is 10.7 Å². The highest BCUT2D eigenvalue weighted by molar-refractivity contribution is 7.92. The third kappa shape index (κ3) is 4.79. The molecule has 10 heteroatoms. The van der Waals surface area contributed by atoms with E-state index in [2.05, 4.69) is 10.0 Å². The monoisotopic (exact) mass is 485 g/mol. The molecule has 2 amide bonds. The maximum atomic E-state index is 12.8. The Hall–Kier alpha value is -3.56. The summed E-state index contributed by atoms with van der Waals surface area (Å²) >= 11 is 5.98. The van der Waals surface area contributed by atoms with Crippen LogP contribution in [0, 0.1) is 0 Å². The molecule has 8 nitrogen and oxygen atoms in total. The molecule has 0 bridgehead atoms. The van der Waals surface area contributed by atoms with Gasteiger partial charge < -0.3 is 10.1 Å². The Kier molecular flexibility index (Phi) is 6.26. The van der Waals surface area contributed by atoms with Gasteiger partial charge in [-0.2, -0.15) is 0 Å². The number of ether oxygens (including phenoxy) is 1. The highest BCUT2D eigenvalue weighted by Crippen LogP contribution is 2.29. The zero-order valence-electron chi connectivity index (χ0n) is 17.5. The highest BCUT2D eigenvalue weighted by Gasteiger charge is 2.39. The molecule has 0 aromatic heterocycles. The van der Waals surface area contributed by atoms with Gasteiger partial charge in [-0.3, -0.25) is 14.3 Å². The number of para-hydroxylation sites is 2. The van der Waals surface area contributed by atoms with Gasteiger partial charge in [0.05, 0.1) is 29.8 Å².